The van der Waals surface area contributed by atoms with Crippen molar-refractivity contribution in [2.45, 2.75) is 84.3 Å². The molecule has 5 unspecified atom stereocenters. The minimum absolute atomic E-state index is 0.201. The molecule has 1 nitrogen and oxygen atoms in total. The summed E-state index contributed by atoms with van der Waals surface area (Å²) in [5.74, 6) is 0.790. The van der Waals surface area contributed by atoms with Crippen LogP contribution in [0.2, 0.25) is 0 Å². The molecular formula is C16H29ClO. The third-order valence-electron chi connectivity index (χ3n) is 5.34. The first-order chi connectivity index (χ1) is 8.27. The minimum atomic E-state index is 0.201. The fourth-order valence-corrected chi connectivity index (χ4v) is 4.48. The molecule has 2 rings (SSSR count). The van der Waals surface area contributed by atoms with Crippen LogP contribution in [0.5, 0.6) is 0 Å². The van der Waals surface area contributed by atoms with Gasteiger partial charge in [0.15, 0.2) is 0 Å². The van der Waals surface area contributed by atoms with Crippen molar-refractivity contribution in [1.82, 2.24) is 0 Å². The standard InChI is InChI=1S/C16H29ClO/c1-6-16(5)13(17)8-14(16)18-12-7-11(2)9-15(3,4)10-12/h11-14H,6-10H2,1-5H3. The van der Waals surface area contributed by atoms with Crippen LogP contribution < -0.4 is 0 Å². The SMILES string of the molecule is CCC1(C)C(Cl)CC1OC1CC(C)CC(C)(C)C1. The first-order valence-electron chi connectivity index (χ1n) is 7.56. The van der Waals surface area contributed by atoms with Crippen molar-refractivity contribution in [3.8, 4) is 0 Å². The van der Waals surface area contributed by atoms with Gasteiger partial charge in [-0.3, -0.25) is 0 Å². The lowest BCUT2D eigenvalue weighted by Crippen LogP contribution is -2.55. The van der Waals surface area contributed by atoms with Crippen molar-refractivity contribution in [3.05, 3.63) is 0 Å². The van der Waals surface area contributed by atoms with Crippen molar-refractivity contribution in [2.24, 2.45) is 16.7 Å². The van der Waals surface area contributed by atoms with Crippen LogP contribution in [0.25, 0.3) is 0 Å². The molecule has 0 spiro atoms. The summed E-state index contributed by atoms with van der Waals surface area (Å²) in [7, 11) is 0. The largest absolute Gasteiger partial charge is 0.374 e. The summed E-state index contributed by atoms with van der Waals surface area (Å²) in [6, 6.07) is 0. The second-order valence-corrected chi connectivity index (χ2v) is 8.25. The third-order valence-corrected chi connectivity index (χ3v) is 6.01. The molecule has 18 heavy (non-hydrogen) atoms. The fourth-order valence-electron chi connectivity index (χ4n) is 4.02. The molecule has 0 radical (unpaired) electrons. The molecular weight excluding hydrogens is 244 g/mol. The summed E-state index contributed by atoms with van der Waals surface area (Å²) < 4.78 is 6.43. The van der Waals surface area contributed by atoms with Crippen LogP contribution in [0.3, 0.4) is 0 Å². The molecule has 2 heteroatoms. The predicted molar refractivity (Wildman–Crippen MR) is 78.1 cm³/mol. The normalized spacial score (nSPS) is 47.7. The van der Waals surface area contributed by atoms with Gasteiger partial charge in [0.1, 0.15) is 0 Å². The molecule has 5 atom stereocenters. The number of hydrogen-bond donors (Lipinski definition) is 0. The summed E-state index contributed by atoms with van der Waals surface area (Å²) in [4.78, 5) is 0. The molecule has 0 amide bonds. The monoisotopic (exact) mass is 272 g/mol. The molecule has 2 fully saturated rings. The summed E-state index contributed by atoms with van der Waals surface area (Å²) in [5.41, 5.74) is 0.640. The van der Waals surface area contributed by atoms with Crippen LogP contribution >= 0.6 is 11.6 Å². The number of alkyl halides is 1. The Labute approximate surface area is 118 Å². The van der Waals surface area contributed by atoms with E-state index in [9.17, 15) is 0 Å². The molecule has 0 saturated heterocycles. The maximum Gasteiger partial charge on any atom is 0.0660 e. The molecule has 0 aromatic heterocycles. The molecule has 0 aliphatic heterocycles. The van der Waals surface area contributed by atoms with Gasteiger partial charge >= 0.3 is 0 Å². The van der Waals surface area contributed by atoms with E-state index in [4.69, 9.17) is 16.3 Å². The first kappa shape index (κ1) is 14.7. The first-order valence-corrected chi connectivity index (χ1v) is 8.00. The van der Waals surface area contributed by atoms with E-state index in [1.807, 2.05) is 0 Å². The Morgan fingerprint density at radius 2 is 1.83 bits per heavy atom. The molecule has 2 aliphatic rings. The minimum Gasteiger partial charge on any atom is -0.374 e. The Balaban J connectivity index is 1.94. The average molecular weight is 273 g/mol. The zero-order valence-corrected chi connectivity index (χ0v) is 13.4. The van der Waals surface area contributed by atoms with Gasteiger partial charge in [0, 0.05) is 10.8 Å². The van der Waals surface area contributed by atoms with E-state index >= 15 is 0 Å². The lowest BCUT2D eigenvalue weighted by Gasteiger charge is -2.53. The van der Waals surface area contributed by atoms with Crippen LogP contribution in [0.1, 0.15) is 66.7 Å². The number of rotatable bonds is 3. The molecule has 0 aromatic carbocycles. The molecule has 0 N–H and O–H groups in total. The van der Waals surface area contributed by atoms with Crippen LogP contribution in [0.4, 0.5) is 0 Å². The highest BCUT2D eigenvalue weighted by Crippen LogP contribution is 2.51. The van der Waals surface area contributed by atoms with Crippen LogP contribution in [-0.4, -0.2) is 17.6 Å². The van der Waals surface area contributed by atoms with Gasteiger partial charge in [-0.2, -0.15) is 0 Å². The van der Waals surface area contributed by atoms with Crippen LogP contribution in [-0.2, 0) is 4.74 Å². The average Bonchev–Trinajstić information content (AvgIpc) is 2.24. The highest BCUT2D eigenvalue weighted by atomic mass is 35.5. The second kappa shape index (κ2) is 4.98. The number of halogens is 1. The van der Waals surface area contributed by atoms with Gasteiger partial charge in [0.2, 0.25) is 0 Å². The van der Waals surface area contributed by atoms with Gasteiger partial charge < -0.3 is 4.74 Å². The molecule has 0 aromatic rings. The molecule has 106 valence electrons. The highest BCUT2D eigenvalue weighted by molar-refractivity contribution is 6.21. The maximum absolute atomic E-state index is 6.43. The van der Waals surface area contributed by atoms with E-state index in [2.05, 4.69) is 34.6 Å². The molecule has 2 saturated carbocycles. The van der Waals surface area contributed by atoms with E-state index < -0.39 is 0 Å². The summed E-state index contributed by atoms with van der Waals surface area (Å²) in [5, 5.41) is 0.307. The van der Waals surface area contributed by atoms with Gasteiger partial charge in [-0.15, -0.1) is 11.6 Å². The maximum atomic E-state index is 6.43. The molecule has 0 heterocycles. The summed E-state index contributed by atoms with van der Waals surface area (Å²) in [6.45, 7) is 11.6. The highest BCUT2D eigenvalue weighted by Gasteiger charge is 2.51. The second-order valence-electron chi connectivity index (χ2n) is 7.72. The Kier molecular flexibility index (Phi) is 4.05. The molecule has 0 bridgehead atoms. The topological polar surface area (TPSA) is 9.23 Å². The lowest BCUT2D eigenvalue weighted by atomic mass is 9.65. The quantitative estimate of drug-likeness (QED) is 0.656. The Morgan fingerprint density at radius 3 is 2.33 bits per heavy atom. The Hall–Kier alpha value is 0.250. The molecule has 2 aliphatic carbocycles. The fraction of sp³-hybridized carbons (Fsp3) is 1.00. The van der Waals surface area contributed by atoms with Crippen molar-refractivity contribution in [2.75, 3.05) is 0 Å². The Bertz CT molecular complexity index is 301. The van der Waals surface area contributed by atoms with E-state index in [1.54, 1.807) is 0 Å². The zero-order valence-electron chi connectivity index (χ0n) is 12.6. The zero-order chi connectivity index (χ0) is 13.6. The van der Waals surface area contributed by atoms with Gasteiger partial charge in [0.05, 0.1) is 12.2 Å². The van der Waals surface area contributed by atoms with E-state index in [0.29, 0.717) is 23.0 Å². The number of ether oxygens (including phenoxy) is 1. The van der Waals surface area contributed by atoms with E-state index in [1.165, 1.54) is 19.3 Å². The van der Waals surface area contributed by atoms with Crippen LogP contribution in [0.15, 0.2) is 0 Å². The van der Waals surface area contributed by atoms with Crippen molar-refractivity contribution in [1.29, 1.82) is 0 Å². The van der Waals surface area contributed by atoms with Gasteiger partial charge in [-0.25, -0.2) is 0 Å². The summed E-state index contributed by atoms with van der Waals surface area (Å²) in [6.07, 6.45) is 6.77. The number of hydrogen-bond acceptors (Lipinski definition) is 1. The smallest absolute Gasteiger partial charge is 0.0660 e. The van der Waals surface area contributed by atoms with Crippen molar-refractivity contribution >= 4 is 11.6 Å². The van der Waals surface area contributed by atoms with Gasteiger partial charge in [0.25, 0.3) is 0 Å². The van der Waals surface area contributed by atoms with E-state index in [-0.39, 0.29) is 5.41 Å². The van der Waals surface area contributed by atoms with Gasteiger partial charge in [-0.1, -0.05) is 34.6 Å². The summed E-state index contributed by atoms with van der Waals surface area (Å²) >= 11 is 6.37. The van der Waals surface area contributed by atoms with Crippen molar-refractivity contribution in [3.63, 3.8) is 0 Å². The lowest BCUT2D eigenvalue weighted by molar-refractivity contribution is -0.155. The van der Waals surface area contributed by atoms with E-state index in [0.717, 1.165) is 18.8 Å². The van der Waals surface area contributed by atoms with Gasteiger partial charge in [-0.05, 0) is 43.4 Å². The van der Waals surface area contributed by atoms with Crippen LogP contribution in [0, 0.1) is 16.7 Å². The Morgan fingerprint density at radius 1 is 1.17 bits per heavy atom. The van der Waals surface area contributed by atoms with Crippen molar-refractivity contribution < 1.29 is 4.74 Å². The third kappa shape index (κ3) is 2.72. The predicted octanol–water partition coefficient (Wildman–Crippen LogP) is 5.01.